The van der Waals surface area contributed by atoms with Gasteiger partial charge in [-0.05, 0) is 50.0 Å². The van der Waals surface area contributed by atoms with Gasteiger partial charge in [0.15, 0.2) is 0 Å². The summed E-state index contributed by atoms with van der Waals surface area (Å²) in [5.74, 6) is -0.152. The Balaban J connectivity index is 2.18. The van der Waals surface area contributed by atoms with Crippen LogP contribution in [0.2, 0.25) is 0 Å². The normalized spacial score (nSPS) is 10.3. The molecular weight excluding hydrogens is 232 g/mol. The van der Waals surface area contributed by atoms with Crippen LogP contribution in [0.1, 0.15) is 26.5 Å². The summed E-state index contributed by atoms with van der Waals surface area (Å²) in [5, 5.41) is 2.87. The van der Waals surface area contributed by atoms with Gasteiger partial charge >= 0.3 is 0 Å². The molecule has 4 heteroatoms. The fourth-order valence-electron chi connectivity index (χ4n) is 1.61. The molecule has 0 atom stereocenters. The van der Waals surface area contributed by atoms with Crippen molar-refractivity contribution in [3.63, 3.8) is 0 Å². The van der Waals surface area contributed by atoms with Crippen molar-refractivity contribution in [1.29, 1.82) is 0 Å². The van der Waals surface area contributed by atoms with E-state index in [-0.39, 0.29) is 5.91 Å². The van der Waals surface area contributed by atoms with Crippen LogP contribution < -0.4 is 5.32 Å². The Morgan fingerprint density at radius 2 is 2.00 bits per heavy atom. The van der Waals surface area contributed by atoms with E-state index in [9.17, 15) is 4.79 Å². The minimum Gasteiger partial charge on any atom is -0.320 e. The SMILES string of the molecule is Cc1ccc(NC(=O)c2cc(C)sn2)c(C)c1. The molecule has 0 aliphatic carbocycles. The van der Waals surface area contributed by atoms with Crippen LogP contribution in [0.5, 0.6) is 0 Å². The van der Waals surface area contributed by atoms with E-state index in [0.29, 0.717) is 5.69 Å². The molecule has 1 amide bonds. The standard InChI is InChI=1S/C13H14N2OS/c1-8-4-5-11(9(2)6-8)14-13(16)12-7-10(3)17-15-12/h4-7H,1-3H3,(H,14,16). The Bertz CT molecular complexity index is 560. The third-order valence-electron chi connectivity index (χ3n) is 2.49. The quantitative estimate of drug-likeness (QED) is 0.883. The number of amides is 1. The van der Waals surface area contributed by atoms with Gasteiger partial charge < -0.3 is 5.32 Å². The molecule has 1 aromatic carbocycles. The van der Waals surface area contributed by atoms with Crippen LogP contribution in [0.15, 0.2) is 24.3 Å². The predicted octanol–water partition coefficient (Wildman–Crippen LogP) is 3.32. The minimum atomic E-state index is -0.152. The van der Waals surface area contributed by atoms with Gasteiger partial charge in [0.2, 0.25) is 0 Å². The molecule has 1 N–H and O–H groups in total. The smallest absolute Gasteiger partial charge is 0.275 e. The fourth-order valence-corrected chi connectivity index (χ4v) is 2.16. The zero-order valence-electron chi connectivity index (χ0n) is 10.1. The Hall–Kier alpha value is -1.68. The number of hydrogen-bond acceptors (Lipinski definition) is 3. The number of carbonyl (C=O) groups excluding carboxylic acids is 1. The largest absolute Gasteiger partial charge is 0.320 e. The van der Waals surface area contributed by atoms with E-state index in [0.717, 1.165) is 16.1 Å². The van der Waals surface area contributed by atoms with Crippen LogP contribution in [0.4, 0.5) is 5.69 Å². The van der Waals surface area contributed by atoms with E-state index in [1.165, 1.54) is 17.1 Å². The Morgan fingerprint density at radius 1 is 1.24 bits per heavy atom. The summed E-state index contributed by atoms with van der Waals surface area (Å²) < 4.78 is 4.09. The van der Waals surface area contributed by atoms with Crippen molar-refractivity contribution >= 4 is 23.1 Å². The number of aryl methyl sites for hydroxylation is 3. The van der Waals surface area contributed by atoms with Crippen molar-refractivity contribution in [1.82, 2.24) is 4.37 Å². The summed E-state index contributed by atoms with van der Waals surface area (Å²) in [6.07, 6.45) is 0. The number of carbonyl (C=O) groups is 1. The summed E-state index contributed by atoms with van der Waals surface area (Å²) in [6.45, 7) is 5.95. The van der Waals surface area contributed by atoms with Crippen LogP contribution in [0, 0.1) is 20.8 Å². The maximum absolute atomic E-state index is 11.9. The highest BCUT2D eigenvalue weighted by Gasteiger charge is 2.10. The maximum atomic E-state index is 11.9. The summed E-state index contributed by atoms with van der Waals surface area (Å²) in [6, 6.07) is 7.74. The van der Waals surface area contributed by atoms with Gasteiger partial charge in [-0.3, -0.25) is 4.79 Å². The molecule has 1 aromatic heterocycles. The topological polar surface area (TPSA) is 42.0 Å². The van der Waals surface area contributed by atoms with Gasteiger partial charge in [0.05, 0.1) is 0 Å². The highest BCUT2D eigenvalue weighted by Crippen LogP contribution is 2.17. The second-order valence-corrected chi connectivity index (χ2v) is 5.10. The van der Waals surface area contributed by atoms with Gasteiger partial charge in [-0.2, -0.15) is 4.37 Å². The molecular formula is C13H14N2OS. The van der Waals surface area contributed by atoms with E-state index in [2.05, 4.69) is 9.69 Å². The third-order valence-corrected chi connectivity index (χ3v) is 3.18. The molecule has 2 rings (SSSR count). The first kappa shape index (κ1) is 11.8. The molecule has 0 fully saturated rings. The highest BCUT2D eigenvalue weighted by atomic mass is 32.1. The lowest BCUT2D eigenvalue weighted by molar-refractivity contribution is 0.102. The van der Waals surface area contributed by atoms with Crippen molar-refractivity contribution in [3.8, 4) is 0 Å². The first-order valence-corrected chi connectivity index (χ1v) is 6.15. The number of rotatable bonds is 2. The molecule has 1 heterocycles. The van der Waals surface area contributed by atoms with Gasteiger partial charge in [-0.15, -0.1) is 0 Å². The molecule has 2 aromatic rings. The number of nitrogens with zero attached hydrogens (tertiary/aromatic N) is 1. The minimum absolute atomic E-state index is 0.152. The van der Waals surface area contributed by atoms with Gasteiger partial charge in [0.25, 0.3) is 5.91 Å². The van der Waals surface area contributed by atoms with Crippen LogP contribution in [-0.2, 0) is 0 Å². The molecule has 0 radical (unpaired) electrons. The first-order chi connectivity index (χ1) is 8.06. The Labute approximate surface area is 105 Å². The molecule has 0 unspecified atom stereocenters. The van der Waals surface area contributed by atoms with E-state index >= 15 is 0 Å². The molecule has 0 bridgehead atoms. The second kappa shape index (κ2) is 4.67. The van der Waals surface area contributed by atoms with E-state index in [4.69, 9.17) is 0 Å². The Kier molecular flexibility index (Phi) is 3.24. The number of nitrogens with one attached hydrogen (secondary N) is 1. The molecule has 3 nitrogen and oxygen atoms in total. The average Bonchev–Trinajstić information content (AvgIpc) is 2.69. The van der Waals surface area contributed by atoms with E-state index in [1.807, 2.05) is 39.0 Å². The maximum Gasteiger partial charge on any atom is 0.275 e. The fraction of sp³-hybridized carbons (Fsp3) is 0.231. The molecule has 0 aliphatic heterocycles. The highest BCUT2D eigenvalue weighted by molar-refractivity contribution is 7.05. The summed E-state index contributed by atoms with van der Waals surface area (Å²) in [7, 11) is 0. The molecule has 0 aliphatic rings. The molecule has 88 valence electrons. The van der Waals surface area contributed by atoms with Crippen LogP contribution in [0.3, 0.4) is 0 Å². The molecule has 0 saturated carbocycles. The number of hydrogen-bond donors (Lipinski definition) is 1. The number of anilines is 1. The van der Waals surface area contributed by atoms with Crippen molar-refractivity contribution in [2.45, 2.75) is 20.8 Å². The lowest BCUT2D eigenvalue weighted by Crippen LogP contribution is -2.12. The summed E-state index contributed by atoms with van der Waals surface area (Å²) in [4.78, 5) is 12.9. The molecule has 0 spiro atoms. The van der Waals surface area contributed by atoms with E-state index < -0.39 is 0 Å². The summed E-state index contributed by atoms with van der Waals surface area (Å²) in [5.41, 5.74) is 3.56. The van der Waals surface area contributed by atoms with Gasteiger partial charge in [0.1, 0.15) is 5.69 Å². The molecule has 0 saturated heterocycles. The summed E-state index contributed by atoms with van der Waals surface area (Å²) >= 11 is 1.34. The predicted molar refractivity (Wildman–Crippen MR) is 70.7 cm³/mol. The van der Waals surface area contributed by atoms with Gasteiger partial charge in [0, 0.05) is 10.6 Å². The van der Waals surface area contributed by atoms with Crippen molar-refractivity contribution in [3.05, 3.63) is 46.0 Å². The first-order valence-electron chi connectivity index (χ1n) is 5.38. The van der Waals surface area contributed by atoms with Crippen molar-refractivity contribution in [2.24, 2.45) is 0 Å². The van der Waals surface area contributed by atoms with E-state index in [1.54, 1.807) is 6.07 Å². The number of aromatic nitrogens is 1. The monoisotopic (exact) mass is 246 g/mol. The van der Waals surface area contributed by atoms with Gasteiger partial charge in [-0.25, -0.2) is 0 Å². The van der Waals surface area contributed by atoms with Crippen LogP contribution in [0.25, 0.3) is 0 Å². The van der Waals surface area contributed by atoms with Crippen molar-refractivity contribution < 1.29 is 4.79 Å². The Morgan fingerprint density at radius 3 is 2.59 bits per heavy atom. The van der Waals surface area contributed by atoms with Crippen LogP contribution in [-0.4, -0.2) is 10.3 Å². The van der Waals surface area contributed by atoms with Crippen molar-refractivity contribution in [2.75, 3.05) is 5.32 Å². The zero-order valence-corrected chi connectivity index (χ0v) is 10.9. The lowest BCUT2D eigenvalue weighted by Gasteiger charge is -2.07. The zero-order chi connectivity index (χ0) is 12.4. The molecule has 17 heavy (non-hydrogen) atoms. The van der Waals surface area contributed by atoms with Crippen LogP contribution >= 0.6 is 11.5 Å². The third kappa shape index (κ3) is 2.71. The second-order valence-electron chi connectivity index (χ2n) is 4.10. The number of benzene rings is 1. The average molecular weight is 246 g/mol. The lowest BCUT2D eigenvalue weighted by atomic mass is 10.1. The van der Waals surface area contributed by atoms with Gasteiger partial charge in [-0.1, -0.05) is 17.7 Å².